The molecule has 31 heavy (non-hydrogen) atoms. The molecule has 0 aliphatic heterocycles. The van der Waals surface area contributed by atoms with E-state index in [1.54, 1.807) is 14.0 Å². The molecule has 0 aromatic rings. The molecule has 0 fully saturated rings. The van der Waals surface area contributed by atoms with Gasteiger partial charge in [0.1, 0.15) is 6.10 Å². The first-order valence-electron chi connectivity index (χ1n) is 10.9. The average molecular weight is 511 g/mol. The fourth-order valence-corrected chi connectivity index (χ4v) is 17.4. The van der Waals surface area contributed by atoms with Crippen LogP contribution in [0.25, 0.3) is 0 Å². The van der Waals surface area contributed by atoms with Gasteiger partial charge in [0.15, 0.2) is 25.0 Å². The highest BCUT2D eigenvalue weighted by molar-refractivity contribution is 6.90. The van der Waals surface area contributed by atoms with Crippen molar-refractivity contribution in [2.45, 2.75) is 84.4 Å². The number of rotatable bonds is 16. The Bertz CT molecular complexity index is 525. The van der Waals surface area contributed by atoms with Crippen molar-refractivity contribution in [3.63, 3.8) is 0 Å². The first kappa shape index (κ1) is 30.9. The lowest BCUT2D eigenvalue weighted by molar-refractivity contribution is -0.150. The number of methoxy groups -OCH3 is 1. The van der Waals surface area contributed by atoms with Crippen molar-refractivity contribution >= 4 is 39.7 Å². The van der Waals surface area contributed by atoms with Gasteiger partial charge in [-0.1, -0.05) is 6.58 Å². The van der Waals surface area contributed by atoms with Crippen molar-refractivity contribution in [3.8, 4) is 0 Å². The second kappa shape index (κ2) is 12.9. The van der Waals surface area contributed by atoms with Gasteiger partial charge >= 0.3 is 14.8 Å². The zero-order valence-corrected chi connectivity index (χ0v) is 25.7. The lowest BCUT2D eigenvalue weighted by Gasteiger charge is -2.42. The van der Waals surface area contributed by atoms with Crippen LogP contribution < -0.4 is 0 Å². The fourth-order valence-electron chi connectivity index (χ4n) is 2.77. The molecular weight excluding hydrogens is 465 g/mol. The van der Waals surface area contributed by atoms with Crippen LogP contribution in [0.3, 0.4) is 0 Å². The van der Waals surface area contributed by atoms with Gasteiger partial charge in [0.2, 0.25) is 0 Å². The molecule has 0 saturated carbocycles. The first-order chi connectivity index (χ1) is 13.9. The highest BCUT2D eigenvalue weighted by Gasteiger charge is 2.49. The van der Waals surface area contributed by atoms with Crippen molar-refractivity contribution in [2.75, 3.05) is 26.9 Å². The quantitative estimate of drug-likeness (QED) is 0.125. The number of hydrogen-bond acceptors (Lipinski definition) is 7. The summed E-state index contributed by atoms with van der Waals surface area (Å²) in [5.74, 6) is -0.437. The third-order valence-corrected chi connectivity index (χ3v) is 15.5. The summed E-state index contributed by atoms with van der Waals surface area (Å²) in [6.45, 7) is 25.9. The second-order valence-corrected chi connectivity index (χ2v) is 27.8. The van der Waals surface area contributed by atoms with Gasteiger partial charge < -0.3 is 26.6 Å². The molecule has 1 atom stereocenters. The van der Waals surface area contributed by atoms with Gasteiger partial charge in [0, 0.05) is 25.3 Å². The van der Waals surface area contributed by atoms with Gasteiger partial charge in [-0.15, -0.1) is 0 Å². The summed E-state index contributed by atoms with van der Waals surface area (Å²) >= 11 is 0. The zero-order valence-electron chi connectivity index (χ0n) is 21.7. The monoisotopic (exact) mass is 510 g/mol. The van der Waals surface area contributed by atoms with Crippen LogP contribution in [0.4, 0.5) is 0 Å². The Hall–Kier alpha value is -0.122. The van der Waals surface area contributed by atoms with Gasteiger partial charge in [-0.05, 0) is 72.3 Å². The normalized spacial score (nSPS) is 14.4. The highest BCUT2D eigenvalue weighted by atomic mass is 28.5. The minimum absolute atomic E-state index is 0.264. The highest BCUT2D eigenvalue weighted by Crippen LogP contribution is 2.29. The van der Waals surface area contributed by atoms with E-state index in [1.807, 2.05) is 0 Å². The van der Waals surface area contributed by atoms with E-state index in [0.717, 1.165) is 6.42 Å². The maximum Gasteiger partial charge on any atom is 0.469 e. The Morgan fingerprint density at radius 1 is 0.839 bits per heavy atom. The third kappa shape index (κ3) is 16.2. The van der Waals surface area contributed by atoms with Crippen molar-refractivity contribution in [3.05, 3.63) is 12.2 Å². The smallest absolute Gasteiger partial charge is 0.454 e. The van der Waals surface area contributed by atoms with Crippen molar-refractivity contribution in [2.24, 2.45) is 0 Å². The predicted molar refractivity (Wildman–Crippen MR) is 136 cm³/mol. The lowest BCUT2D eigenvalue weighted by atomic mass is 10.3. The summed E-state index contributed by atoms with van der Waals surface area (Å²) in [7, 11) is -6.94. The number of carbonyl (C=O) groups excluding carboxylic acids is 1. The Labute approximate surface area is 194 Å². The first-order valence-corrected chi connectivity index (χ1v) is 23.1. The predicted octanol–water partition coefficient (Wildman–Crippen LogP) is 5.02. The molecule has 0 N–H and O–H groups in total. The summed E-state index contributed by atoms with van der Waals surface area (Å²) in [5.41, 5.74) is 0.354. The maximum absolute atomic E-state index is 11.8. The number of ether oxygens (including phenoxy) is 3. The molecule has 0 spiro atoms. The second-order valence-electron chi connectivity index (χ2n) is 10.8. The standard InChI is InChI=1S/C20H46O7Si4/c1-18(2)20(21)24-19(16-22-3)17-23-14-13-15-31(25-28(4,5)6,26-29(7,8)9)27-30(10,11)12/h19H,1,13-17H2,2-12H3. The van der Waals surface area contributed by atoms with Gasteiger partial charge in [-0.25, -0.2) is 4.79 Å². The fraction of sp³-hybridized carbons (Fsp3) is 0.850. The van der Waals surface area contributed by atoms with Gasteiger partial charge in [-0.3, -0.25) is 0 Å². The Balaban J connectivity index is 5.11. The van der Waals surface area contributed by atoms with Crippen LogP contribution in [0.1, 0.15) is 13.3 Å². The summed E-state index contributed by atoms with van der Waals surface area (Å²) in [6.07, 6.45) is 0.283. The van der Waals surface area contributed by atoms with Crippen LogP contribution in [0.15, 0.2) is 12.2 Å². The molecular formula is C20H46O7Si4. The van der Waals surface area contributed by atoms with Crippen LogP contribution in [0, 0.1) is 0 Å². The van der Waals surface area contributed by atoms with Gasteiger partial charge in [0.25, 0.3) is 0 Å². The molecule has 0 aliphatic carbocycles. The van der Waals surface area contributed by atoms with Gasteiger partial charge in [0.05, 0.1) is 13.2 Å². The van der Waals surface area contributed by atoms with Crippen LogP contribution in [0.5, 0.6) is 0 Å². The third-order valence-electron chi connectivity index (χ3n) is 3.44. The summed E-state index contributed by atoms with van der Waals surface area (Å²) in [5, 5.41) is 0. The molecule has 0 aromatic carbocycles. The van der Waals surface area contributed by atoms with E-state index in [2.05, 4.69) is 65.5 Å². The molecule has 0 aliphatic rings. The van der Waals surface area contributed by atoms with E-state index in [0.29, 0.717) is 18.2 Å². The Kier molecular flexibility index (Phi) is 12.9. The molecule has 0 bridgehead atoms. The van der Waals surface area contributed by atoms with E-state index in [9.17, 15) is 4.79 Å². The minimum atomic E-state index is -2.85. The molecule has 0 heterocycles. The van der Waals surface area contributed by atoms with E-state index in [4.69, 9.17) is 26.6 Å². The molecule has 184 valence electrons. The topological polar surface area (TPSA) is 72.5 Å². The number of esters is 1. The van der Waals surface area contributed by atoms with Gasteiger partial charge in [-0.2, -0.15) is 0 Å². The molecule has 0 aromatic heterocycles. The van der Waals surface area contributed by atoms with Crippen LogP contribution in [-0.4, -0.2) is 72.8 Å². The molecule has 1 unspecified atom stereocenters. The van der Waals surface area contributed by atoms with Crippen LogP contribution in [0.2, 0.25) is 65.0 Å². The molecule has 7 nitrogen and oxygen atoms in total. The Morgan fingerprint density at radius 2 is 1.29 bits per heavy atom. The summed E-state index contributed by atoms with van der Waals surface area (Å²) in [4.78, 5) is 11.8. The number of carbonyl (C=O) groups is 1. The molecule has 0 radical (unpaired) electrons. The molecule has 11 heteroatoms. The van der Waals surface area contributed by atoms with E-state index < -0.39 is 45.8 Å². The summed E-state index contributed by atoms with van der Waals surface area (Å²) in [6, 6.07) is 0.715. The molecule has 0 amide bonds. The minimum Gasteiger partial charge on any atom is -0.454 e. The maximum atomic E-state index is 11.8. The average Bonchev–Trinajstić information content (AvgIpc) is 2.49. The molecule has 0 saturated heterocycles. The Morgan fingerprint density at radius 3 is 1.65 bits per heavy atom. The summed E-state index contributed by atoms with van der Waals surface area (Å²) < 4.78 is 36.3. The SMILES string of the molecule is C=C(C)C(=O)OC(COC)COCCC[Si](O[Si](C)(C)C)(O[Si](C)(C)C)O[Si](C)(C)C. The van der Waals surface area contributed by atoms with E-state index in [1.165, 1.54) is 0 Å². The van der Waals surface area contributed by atoms with E-state index in [-0.39, 0.29) is 13.2 Å². The largest absolute Gasteiger partial charge is 0.469 e. The zero-order chi connectivity index (χ0) is 24.5. The lowest BCUT2D eigenvalue weighted by Crippen LogP contribution is -2.60. The number of hydrogen-bond donors (Lipinski definition) is 0. The van der Waals surface area contributed by atoms with Crippen molar-refractivity contribution < 1.29 is 31.4 Å². The van der Waals surface area contributed by atoms with Crippen LogP contribution in [-0.2, 0) is 31.4 Å². The van der Waals surface area contributed by atoms with Crippen LogP contribution >= 0.6 is 0 Å². The molecule has 0 rings (SSSR count). The van der Waals surface area contributed by atoms with Crippen molar-refractivity contribution in [1.82, 2.24) is 0 Å². The van der Waals surface area contributed by atoms with E-state index >= 15 is 0 Å². The van der Waals surface area contributed by atoms with Crippen molar-refractivity contribution in [1.29, 1.82) is 0 Å².